The predicted octanol–water partition coefficient (Wildman–Crippen LogP) is 2.86. The largest absolute Gasteiger partial charge is 0.451 e. The van der Waals surface area contributed by atoms with E-state index in [0.29, 0.717) is 21.4 Å². The SMILES string of the molecule is NNC(=O)c1ccc(-c2cc(Cl)ccc2Cl)o1. The maximum absolute atomic E-state index is 11.2. The highest BCUT2D eigenvalue weighted by Crippen LogP contribution is 2.31. The monoisotopic (exact) mass is 270 g/mol. The van der Waals surface area contributed by atoms with Crippen molar-refractivity contribution < 1.29 is 9.21 Å². The summed E-state index contributed by atoms with van der Waals surface area (Å²) in [7, 11) is 0. The van der Waals surface area contributed by atoms with Gasteiger partial charge in [0.05, 0.1) is 5.02 Å². The first-order chi connectivity index (χ1) is 8.11. The number of furan rings is 1. The topological polar surface area (TPSA) is 68.3 Å². The van der Waals surface area contributed by atoms with Crippen LogP contribution in [0.25, 0.3) is 11.3 Å². The van der Waals surface area contributed by atoms with Gasteiger partial charge in [-0.05, 0) is 30.3 Å². The predicted molar refractivity (Wildman–Crippen MR) is 65.8 cm³/mol. The van der Waals surface area contributed by atoms with E-state index < -0.39 is 5.91 Å². The molecule has 0 unspecified atom stereocenters. The van der Waals surface area contributed by atoms with Gasteiger partial charge in [0, 0.05) is 10.6 Å². The summed E-state index contributed by atoms with van der Waals surface area (Å²) >= 11 is 11.9. The summed E-state index contributed by atoms with van der Waals surface area (Å²) < 4.78 is 5.32. The molecule has 88 valence electrons. The highest BCUT2D eigenvalue weighted by molar-refractivity contribution is 6.35. The molecule has 0 saturated heterocycles. The molecule has 0 spiro atoms. The number of carbonyl (C=O) groups is 1. The molecule has 0 saturated carbocycles. The number of hydrogen-bond donors (Lipinski definition) is 2. The Morgan fingerprint density at radius 1 is 1.24 bits per heavy atom. The number of nitrogen functional groups attached to an aromatic ring is 1. The Morgan fingerprint density at radius 3 is 2.71 bits per heavy atom. The Kier molecular flexibility index (Phi) is 3.38. The molecule has 1 aromatic heterocycles. The minimum absolute atomic E-state index is 0.110. The Hall–Kier alpha value is -1.49. The van der Waals surface area contributed by atoms with Crippen LogP contribution in [0.5, 0.6) is 0 Å². The first-order valence-electron chi connectivity index (χ1n) is 4.68. The van der Waals surface area contributed by atoms with Gasteiger partial charge in [0.2, 0.25) is 0 Å². The molecule has 17 heavy (non-hydrogen) atoms. The first-order valence-corrected chi connectivity index (χ1v) is 5.43. The Morgan fingerprint density at radius 2 is 2.00 bits per heavy atom. The number of halogens is 2. The van der Waals surface area contributed by atoms with Crippen LogP contribution in [0, 0.1) is 0 Å². The summed E-state index contributed by atoms with van der Waals surface area (Å²) in [6.45, 7) is 0. The summed E-state index contributed by atoms with van der Waals surface area (Å²) in [6, 6.07) is 8.12. The summed E-state index contributed by atoms with van der Waals surface area (Å²) in [4.78, 5) is 11.2. The van der Waals surface area contributed by atoms with Gasteiger partial charge in [-0.2, -0.15) is 0 Å². The van der Waals surface area contributed by atoms with Crippen LogP contribution in [0.4, 0.5) is 0 Å². The van der Waals surface area contributed by atoms with Crippen LogP contribution < -0.4 is 11.3 Å². The van der Waals surface area contributed by atoms with Crippen molar-refractivity contribution in [3.05, 3.63) is 46.1 Å². The van der Waals surface area contributed by atoms with Crippen molar-refractivity contribution in [3.8, 4) is 11.3 Å². The van der Waals surface area contributed by atoms with Gasteiger partial charge in [0.1, 0.15) is 5.76 Å². The molecule has 6 heteroatoms. The molecule has 0 fully saturated rings. The molecule has 1 heterocycles. The second-order valence-electron chi connectivity index (χ2n) is 3.26. The molecule has 0 aliphatic heterocycles. The molecule has 2 rings (SSSR count). The van der Waals surface area contributed by atoms with Gasteiger partial charge in [0.15, 0.2) is 5.76 Å². The molecule has 3 N–H and O–H groups in total. The molecule has 0 aliphatic carbocycles. The Bertz CT molecular complexity index is 566. The van der Waals surface area contributed by atoms with Crippen LogP contribution in [0.2, 0.25) is 10.0 Å². The summed E-state index contributed by atoms with van der Waals surface area (Å²) in [5, 5.41) is 1.02. The Balaban J connectivity index is 2.43. The summed E-state index contributed by atoms with van der Waals surface area (Å²) in [5.74, 6) is 5.06. The lowest BCUT2D eigenvalue weighted by atomic mass is 10.2. The number of rotatable bonds is 2. The van der Waals surface area contributed by atoms with Gasteiger partial charge >= 0.3 is 5.91 Å². The first kappa shape index (κ1) is 12.0. The molecule has 1 aromatic carbocycles. The molecule has 2 aromatic rings. The second-order valence-corrected chi connectivity index (χ2v) is 4.11. The quantitative estimate of drug-likeness (QED) is 0.501. The minimum atomic E-state index is -0.505. The minimum Gasteiger partial charge on any atom is -0.451 e. The van der Waals surface area contributed by atoms with Gasteiger partial charge in [-0.1, -0.05) is 23.2 Å². The number of amides is 1. The lowest BCUT2D eigenvalue weighted by Gasteiger charge is -2.01. The van der Waals surface area contributed by atoms with Crippen molar-refractivity contribution in [2.75, 3.05) is 0 Å². The summed E-state index contributed by atoms with van der Waals surface area (Å²) in [6.07, 6.45) is 0. The van der Waals surface area contributed by atoms with Gasteiger partial charge < -0.3 is 4.42 Å². The maximum atomic E-state index is 11.2. The van der Waals surface area contributed by atoms with Crippen LogP contribution >= 0.6 is 23.2 Å². The van der Waals surface area contributed by atoms with E-state index in [1.165, 1.54) is 6.07 Å². The average molecular weight is 271 g/mol. The third-order valence-corrected chi connectivity index (χ3v) is 2.72. The molecule has 4 nitrogen and oxygen atoms in total. The number of hydrazine groups is 1. The van der Waals surface area contributed by atoms with Crippen molar-refractivity contribution in [2.45, 2.75) is 0 Å². The van der Waals surface area contributed by atoms with E-state index in [9.17, 15) is 4.79 Å². The highest BCUT2D eigenvalue weighted by Gasteiger charge is 2.13. The van der Waals surface area contributed by atoms with Crippen LogP contribution in [0.3, 0.4) is 0 Å². The second kappa shape index (κ2) is 4.79. The zero-order valence-electron chi connectivity index (χ0n) is 8.54. The molecular formula is C11H8Cl2N2O2. The van der Waals surface area contributed by atoms with E-state index in [4.69, 9.17) is 33.5 Å². The smallest absolute Gasteiger partial charge is 0.300 e. The van der Waals surface area contributed by atoms with Crippen molar-refractivity contribution in [3.63, 3.8) is 0 Å². The van der Waals surface area contributed by atoms with Gasteiger partial charge in [-0.25, -0.2) is 5.84 Å². The number of nitrogens with one attached hydrogen (secondary N) is 1. The normalized spacial score (nSPS) is 10.3. The maximum Gasteiger partial charge on any atom is 0.300 e. The molecular weight excluding hydrogens is 263 g/mol. The Labute approximate surface area is 107 Å². The van der Waals surface area contributed by atoms with E-state index in [1.54, 1.807) is 24.3 Å². The van der Waals surface area contributed by atoms with Crippen molar-refractivity contribution in [1.82, 2.24) is 5.43 Å². The zero-order valence-corrected chi connectivity index (χ0v) is 10.0. The lowest BCUT2D eigenvalue weighted by Crippen LogP contribution is -2.29. The fourth-order valence-electron chi connectivity index (χ4n) is 1.36. The number of hydrogen-bond acceptors (Lipinski definition) is 3. The standard InChI is InChI=1S/C11H8Cl2N2O2/c12-6-1-2-8(13)7(5-6)9-3-4-10(17-9)11(16)15-14/h1-5H,14H2,(H,15,16). The van der Waals surface area contributed by atoms with Crippen LogP contribution in [0.15, 0.2) is 34.7 Å². The molecule has 0 aliphatic rings. The number of nitrogens with two attached hydrogens (primary N) is 1. The zero-order chi connectivity index (χ0) is 12.4. The van der Waals surface area contributed by atoms with Crippen molar-refractivity contribution >= 4 is 29.1 Å². The number of carbonyl (C=O) groups excluding carboxylic acids is 1. The van der Waals surface area contributed by atoms with Crippen LogP contribution in [-0.2, 0) is 0 Å². The lowest BCUT2D eigenvalue weighted by molar-refractivity contribution is 0.0927. The molecule has 0 radical (unpaired) electrons. The number of benzene rings is 1. The summed E-state index contributed by atoms with van der Waals surface area (Å²) in [5.41, 5.74) is 2.60. The van der Waals surface area contributed by atoms with E-state index in [-0.39, 0.29) is 5.76 Å². The van der Waals surface area contributed by atoms with Gasteiger partial charge in [0.25, 0.3) is 0 Å². The average Bonchev–Trinajstić information content (AvgIpc) is 2.80. The third-order valence-electron chi connectivity index (χ3n) is 2.15. The fourth-order valence-corrected chi connectivity index (χ4v) is 1.74. The van der Waals surface area contributed by atoms with Crippen LogP contribution in [-0.4, -0.2) is 5.91 Å². The van der Waals surface area contributed by atoms with E-state index >= 15 is 0 Å². The molecule has 0 bridgehead atoms. The van der Waals surface area contributed by atoms with E-state index in [1.807, 2.05) is 5.43 Å². The highest BCUT2D eigenvalue weighted by atomic mass is 35.5. The molecule has 1 amide bonds. The van der Waals surface area contributed by atoms with E-state index in [2.05, 4.69) is 0 Å². The van der Waals surface area contributed by atoms with Gasteiger partial charge in [-0.3, -0.25) is 10.2 Å². The van der Waals surface area contributed by atoms with Crippen molar-refractivity contribution in [1.29, 1.82) is 0 Å². The fraction of sp³-hybridized carbons (Fsp3) is 0. The van der Waals surface area contributed by atoms with Crippen molar-refractivity contribution in [2.24, 2.45) is 5.84 Å². The van der Waals surface area contributed by atoms with Gasteiger partial charge in [-0.15, -0.1) is 0 Å². The third kappa shape index (κ3) is 2.44. The molecule has 0 atom stereocenters. The van der Waals surface area contributed by atoms with E-state index in [0.717, 1.165) is 0 Å². The van der Waals surface area contributed by atoms with Crippen LogP contribution in [0.1, 0.15) is 10.6 Å².